The first-order valence-corrected chi connectivity index (χ1v) is 5.93. The van der Waals surface area contributed by atoms with Crippen LogP contribution in [-0.4, -0.2) is 11.3 Å². The average Bonchev–Trinajstić information content (AvgIpc) is 2.36. The number of hydrogen-bond acceptors (Lipinski definition) is 2. The number of nitrogens with zero attached hydrogens (tertiary/aromatic N) is 1. The molecule has 1 aromatic carbocycles. The van der Waals surface area contributed by atoms with Crippen LogP contribution in [0.2, 0.25) is 15.1 Å². The van der Waals surface area contributed by atoms with E-state index >= 15 is 0 Å². The van der Waals surface area contributed by atoms with Gasteiger partial charge in [0, 0.05) is 17.3 Å². The van der Waals surface area contributed by atoms with Gasteiger partial charge in [0.2, 0.25) is 5.95 Å². The Morgan fingerprint density at radius 1 is 1.06 bits per heavy atom. The van der Waals surface area contributed by atoms with Crippen molar-refractivity contribution >= 4 is 41.1 Å². The van der Waals surface area contributed by atoms with Crippen LogP contribution in [0.15, 0.2) is 24.4 Å². The lowest BCUT2D eigenvalue weighted by atomic mass is 10.0. The highest BCUT2D eigenvalue weighted by Gasteiger charge is 2.19. The summed E-state index contributed by atoms with van der Waals surface area (Å²) in [6.45, 7) is 0. The van der Waals surface area contributed by atoms with E-state index in [0.29, 0.717) is 6.29 Å². The van der Waals surface area contributed by atoms with Crippen LogP contribution in [-0.2, 0) is 0 Å². The van der Waals surface area contributed by atoms with Crippen LogP contribution in [0.1, 0.15) is 10.4 Å². The molecule has 18 heavy (non-hydrogen) atoms. The topological polar surface area (TPSA) is 30.0 Å². The molecule has 2 rings (SSSR count). The second-order valence-electron chi connectivity index (χ2n) is 3.40. The Balaban J connectivity index is 2.85. The zero-order valence-corrected chi connectivity index (χ0v) is 11.0. The lowest BCUT2D eigenvalue weighted by Gasteiger charge is -2.11. The number of halogens is 4. The van der Waals surface area contributed by atoms with Crippen molar-refractivity contribution in [2.45, 2.75) is 0 Å². The molecule has 0 radical (unpaired) electrons. The van der Waals surface area contributed by atoms with Crippen LogP contribution in [0.5, 0.6) is 0 Å². The first-order valence-electron chi connectivity index (χ1n) is 4.79. The van der Waals surface area contributed by atoms with Gasteiger partial charge < -0.3 is 0 Å². The molecule has 0 atom stereocenters. The summed E-state index contributed by atoms with van der Waals surface area (Å²) in [6, 6.07) is 4.34. The van der Waals surface area contributed by atoms with Crippen molar-refractivity contribution in [1.82, 2.24) is 4.98 Å². The zero-order chi connectivity index (χ0) is 13.3. The maximum atomic E-state index is 13.8. The van der Waals surface area contributed by atoms with Gasteiger partial charge in [-0.05, 0) is 18.2 Å². The van der Waals surface area contributed by atoms with Gasteiger partial charge in [0.25, 0.3) is 0 Å². The van der Waals surface area contributed by atoms with Crippen molar-refractivity contribution in [2.75, 3.05) is 0 Å². The van der Waals surface area contributed by atoms with Crippen molar-refractivity contribution in [3.8, 4) is 11.1 Å². The lowest BCUT2D eigenvalue weighted by molar-refractivity contribution is 0.112. The quantitative estimate of drug-likeness (QED) is 0.459. The predicted molar refractivity (Wildman–Crippen MR) is 70.0 cm³/mol. The lowest BCUT2D eigenvalue weighted by Crippen LogP contribution is -1.96. The number of carbonyl (C=O) groups excluding carboxylic acids is 1. The molecule has 0 saturated heterocycles. The third-order valence-electron chi connectivity index (χ3n) is 2.36. The van der Waals surface area contributed by atoms with E-state index < -0.39 is 5.95 Å². The number of pyridine rings is 1. The summed E-state index contributed by atoms with van der Waals surface area (Å²) in [4.78, 5) is 14.4. The molecule has 0 amide bonds. The van der Waals surface area contributed by atoms with Gasteiger partial charge in [0.15, 0.2) is 6.29 Å². The predicted octanol–water partition coefficient (Wildman–Crippen LogP) is 4.66. The summed E-state index contributed by atoms with van der Waals surface area (Å²) in [6.07, 6.45) is 1.70. The van der Waals surface area contributed by atoms with E-state index in [0.717, 1.165) is 0 Å². The summed E-state index contributed by atoms with van der Waals surface area (Å²) in [5.41, 5.74) is 0.220. The SMILES string of the molecule is O=Cc1ccnc(F)c1-c1c(Cl)ccc(Cl)c1Cl. The van der Waals surface area contributed by atoms with Gasteiger partial charge >= 0.3 is 0 Å². The van der Waals surface area contributed by atoms with Crippen LogP contribution < -0.4 is 0 Å². The Morgan fingerprint density at radius 3 is 2.39 bits per heavy atom. The van der Waals surface area contributed by atoms with Gasteiger partial charge in [-0.2, -0.15) is 4.39 Å². The molecule has 1 aromatic heterocycles. The van der Waals surface area contributed by atoms with Crippen LogP contribution in [0.3, 0.4) is 0 Å². The minimum Gasteiger partial charge on any atom is -0.298 e. The largest absolute Gasteiger partial charge is 0.298 e. The second kappa shape index (κ2) is 5.22. The van der Waals surface area contributed by atoms with Gasteiger partial charge in [0.1, 0.15) is 0 Å². The van der Waals surface area contributed by atoms with Crippen LogP contribution >= 0.6 is 34.8 Å². The first-order chi connectivity index (χ1) is 8.56. The number of benzene rings is 1. The molecular formula is C12H5Cl3FNO. The molecule has 0 spiro atoms. The Hall–Kier alpha value is -1.16. The number of hydrogen-bond donors (Lipinski definition) is 0. The second-order valence-corrected chi connectivity index (χ2v) is 4.59. The highest BCUT2D eigenvalue weighted by molar-refractivity contribution is 6.46. The minimum absolute atomic E-state index is 0.0509. The molecule has 0 unspecified atom stereocenters. The highest BCUT2D eigenvalue weighted by Crippen LogP contribution is 2.40. The molecule has 2 aromatic rings. The maximum absolute atomic E-state index is 13.8. The molecule has 0 fully saturated rings. The smallest absolute Gasteiger partial charge is 0.221 e. The fraction of sp³-hybridized carbons (Fsp3) is 0. The monoisotopic (exact) mass is 303 g/mol. The molecule has 2 nitrogen and oxygen atoms in total. The molecule has 0 saturated carbocycles. The van der Waals surface area contributed by atoms with Crippen molar-refractivity contribution in [2.24, 2.45) is 0 Å². The number of carbonyl (C=O) groups is 1. The van der Waals surface area contributed by atoms with E-state index in [1.165, 1.54) is 24.4 Å². The number of rotatable bonds is 2. The fourth-order valence-electron chi connectivity index (χ4n) is 1.55. The van der Waals surface area contributed by atoms with E-state index in [2.05, 4.69) is 4.98 Å². The molecule has 0 aliphatic rings. The molecule has 1 heterocycles. The third-order valence-corrected chi connectivity index (χ3v) is 3.48. The zero-order valence-electron chi connectivity index (χ0n) is 8.75. The van der Waals surface area contributed by atoms with E-state index in [1.807, 2.05) is 0 Å². The summed E-state index contributed by atoms with van der Waals surface area (Å²) >= 11 is 17.9. The normalized spacial score (nSPS) is 10.4. The molecule has 6 heteroatoms. The summed E-state index contributed by atoms with van der Waals surface area (Å²) in [5.74, 6) is -0.828. The molecular weight excluding hydrogens is 299 g/mol. The van der Waals surface area contributed by atoms with E-state index in [9.17, 15) is 9.18 Å². The van der Waals surface area contributed by atoms with Gasteiger partial charge in [0.05, 0.1) is 20.6 Å². The standard InChI is InChI=1S/C12H5Cl3FNO/c13-7-1-2-8(14)11(15)10(7)9-6(5-18)3-4-17-12(9)16/h1-5H. The molecule has 0 bridgehead atoms. The van der Waals surface area contributed by atoms with E-state index in [4.69, 9.17) is 34.8 Å². The third kappa shape index (κ3) is 2.21. The van der Waals surface area contributed by atoms with Gasteiger partial charge in [-0.1, -0.05) is 34.8 Å². The highest BCUT2D eigenvalue weighted by atomic mass is 35.5. The van der Waals surface area contributed by atoms with E-state index in [-0.39, 0.29) is 31.8 Å². The Labute approximate surface area is 117 Å². The van der Waals surface area contributed by atoms with E-state index in [1.54, 1.807) is 0 Å². The number of aromatic nitrogens is 1. The summed E-state index contributed by atoms with van der Waals surface area (Å²) in [7, 11) is 0. The van der Waals surface area contributed by atoms with Crippen molar-refractivity contribution < 1.29 is 9.18 Å². The van der Waals surface area contributed by atoms with Crippen molar-refractivity contribution in [3.63, 3.8) is 0 Å². The van der Waals surface area contributed by atoms with Crippen molar-refractivity contribution in [1.29, 1.82) is 0 Å². The van der Waals surface area contributed by atoms with Gasteiger partial charge in [-0.25, -0.2) is 4.98 Å². The van der Waals surface area contributed by atoms with Crippen LogP contribution in [0.4, 0.5) is 4.39 Å². The molecule has 0 aliphatic carbocycles. The fourth-order valence-corrected chi connectivity index (χ4v) is 2.27. The Bertz CT molecular complexity index is 631. The first kappa shape index (κ1) is 13.3. The van der Waals surface area contributed by atoms with Crippen LogP contribution in [0, 0.1) is 5.95 Å². The molecule has 92 valence electrons. The summed E-state index contributed by atoms with van der Waals surface area (Å²) in [5, 5.41) is 0.495. The Morgan fingerprint density at radius 2 is 1.72 bits per heavy atom. The number of aldehydes is 1. The summed E-state index contributed by atoms with van der Waals surface area (Å²) < 4.78 is 13.8. The molecule has 0 aliphatic heterocycles. The van der Waals surface area contributed by atoms with Gasteiger partial charge in [-0.15, -0.1) is 0 Å². The Kier molecular flexibility index (Phi) is 3.85. The van der Waals surface area contributed by atoms with Crippen LogP contribution in [0.25, 0.3) is 11.1 Å². The maximum Gasteiger partial charge on any atom is 0.221 e. The van der Waals surface area contributed by atoms with Gasteiger partial charge in [-0.3, -0.25) is 4.79 Å². The minimum atomic E-state index is -0.828. The molecule has 0 N–H and O–H groups in total. The van der Waals surface area contributed by atoms with Crippen molar-refractivity contribution in [3.05, 3.63) is 51.0 Å². The average molecular weight is 305 g/mol.